The molecule has 0 aliphatic carbocycles. The Hall–Kier alpha value is -8.54. The van der Waals surface area contributed by atoms with Crippen molar-refractivity contribution in [1.29, 1.82) is 0 Å². The first-order chi connectivity index (χ1) is 51.7. The van der Waals surface area contributed by atoms with Gasteiger partial charge in [0.25, 0.3) is 0 Å². The second-order valence-corrected chi connectivity index (χ2v) is 27.5. The van der Waals surface area contributed by atoms with E-state index < -0.39 is 54.0 Å². The van der Waals surface area contributed by atoms with Crippen LogP contribution in [0.2, 0.25) is 15.1 Å². The van der Waals surface area contributed by atoms with Gasteiger partial charge in [0.2, 0.25) is 35.4 Å². The Morgan fingerprint density at radius 1 is 0.398 bits per heavy atom. The van der Waals surface area contributed by atoms with Crippen LogP contribution in [0.5, 0.6) is 5.75 Å². The number of carbonyl (C=O) groups excluding carboxylic acids is 9. The van der Waals surface area contributed by atoms with Gasteiger partial charge < -0.3 is 87.0 Å². The van der Waals surface area contributed by atoms with Crippen molar-refractivity contribution in [1.82, 2.24) is 30.7 Å². The first-order valence-electron chi connectivity index (χ1n) is 36.5. The molecule has 25 nitrogen and oxygen atoms in total. The fourth-order valence-corrected chi connectivity index (χ4v) is 12.5. The Balaban J connectivity index is 0.000000342. The number of rotatable bonds is 44. The molecule has 6 aromatic carbocycles. The maximum absolute atomic E-state index is 13.4. The third kappa shape index (κ3) is 33.1. The van der Waals surface area contributed by atoms with Crippen molar-refractivity contribution in [3.05, 3.63) is 205 Å². The second-order valence-electron chi connectivity index (χ2n) is 26.3. The van der Waals surface area contributed by atoms with Crippen LogP contribution in [-0.2, 0) is 81.7 Å². The minimum atomic E-state index is -1.14. The maximum atomic E-state index is 13.4. The Bertz CT molecular complexity index is 3750. The van der Waals surface area contributed by atoms with E-state index in [0.717, 1.165) is 50.3 Å². The highest BCUT2D eigenvalue weighted by atomic mass is 35.5. The van der Waals surface area contributed by atoms with Gasteiger partial charge in [-0.25, -0.2) is 0 Å². The summed E-state index contributed by atoms with van der Waals surface area (Å²) in [5, 5.41) is 9.20. The zero-order chi connectivity index (χ0) is 79.7. The monoisotopic (exact) mass is 1550 g/mol. The Kier molecular flexibility index (Phi) is 42.7. The quantitative estimate of drug-likeness (QED) is 0.0235. The lowest BCUT2D eigenvalue weighted by molar-refractivity contribution is -0.135. The van der Waals surface area contributed by atoms with Gasteiger partial charge in [-0.1, -0.05) is 156 Å². The number of ether oxygens (including phenoxy) is 1. The third-order valence-electron chi connectivity index (χ3n) is 17.7. The molecule has 6 rings (SSSR count). The van der Waals surface area contributed by atoms with Gasteiger partial charge in [0.1, 0.15) is 5.75 Å². The normalized spacial score (nSPS) is 12.6. The molecule has 0 heterocycles. The lowest BCUT2D eigenvalue weighted by Gasteiger charge is -2.24. The van der Waals surface area contributed by atoms with Crippen LogP contribution < -0.4 is 72.3 Å². The van der Waals surface area contributed by atoms with Crippen LogP contribution in [0.25, 0.3) is 0 Å². The number of nitrogens with one attached hydrogen (secondary N) is 3. The number of aryl methyl sites for hydroxylation is 6. The lowest BCUT2D eigenvalue weighted by Crippen LogP contribution is -2.51. The van der Waals surface area contributed by atoms with Crippen LogP contribution in [0, 0.1) is 20.8 Å². The topological polar surface area (TPSA) is 443 Å². The van der Waals surface area contributed by atoms with E-state index in [0.29, 0.717) is 108 Å². The van der Waals surface area contributed by atoms with Gasteiger partial charge in [0, 0.05) is 103 Å². The molecule has 6 atom stereocenters. The number of nitrogens with zero attached hydrogens (tertiary/aromatic N) is 3. The molecule has 28 heteroatoms. The van der Waals surface area contributed by atoms with Crippen LogP contribution in [0.15, 0.2) is 140 Å². The predicted octanol–water partition coefficient (Wildman–Crippen LogP) is 4.42. The van der Waals surface area contributed by atoms with Crippen molar-refractivity contribution < 1.29 is 47.9 Å². The van der Waals surface area contributed by atoms with Crippen molar-refractivity contribution in [3.8, 4) is 5.75 Å². The number of halogens is 3. The van der Waals surface area contributed by atoms with Crippen LogP contribution in [0.4, 0.5) is 0 Å². The summed E-state index contributed by atoms with van der Waals surface area (Å²) < 4.78 is 5.46. The Labute approximate surface area is 650 Å². The van der Waals surface area contributed by atoms with Crippen LogP contribution >= 0.6 is 34.8 Å². The largest absolute Gasteiger partial charge is 0.494 e. The molecule has 0 radical (unpaired) electrons. The molecule has 21 N–H and O–H groups in total. The molecule has 0 fully saturated rings. The Morgan fingerprint density at radius 2 is 0.713 bits per heavy atom. The number of amides is 6. The number of hydrogen-bond acceptors (Lipinski definition) is 19. The molecule has 0 aliphatic heterocycles. The van der Waals surface area contributed by atoms with Gasteiger partial charge in [-0.3, -0.25) is 43.2 Å². The number of carbonyl (C=O) groups is 9. The van der Waals surface area contributed by atoms with Gasteiger partial charge in [0.05, 0.1) is 72.2 Å². The molecule has 0 spiro atoms. The minimum Gasteiger partial charge on any atom is -0.494 e. The number of benzene rings is 6. The molecule has 0 bridgehead atoms. The van der Waals surface area contributed by atoms with E-state index >= 15 is 0 Å². The molecular weight excluding hydrogens is 1440 g/mol. The summed E-state index contributed by atoms with van der Waals surface area (Å²) in [6.07, 6.45) is 2.66. The van der Waals surface area contributed by atoms with Gasteiger partial charge in [-0.2, -0.15) is 0 Å². The van der Waals surface area contributed by atoms with Crippen molar-refractivity contribution in [2.45, 2.75) is 141 Å². The average Bonchev–Trinajstić information content (AvgIpc) is 0.841. The van der Waals surface area contributed by atoms with E-state index in [1.807, 2.05) is 143 Å². The molecule has 588 valence electrons. The van der Waals surface area contributed by atoms with Gasteiger partial charge in [-0.05, 0) is 135 Å². The molecule has 0 saturated heterocycles. The van der Waals surface area contributed by atoms with E-state index in [2.05, 4.69) is 28.1 Å². The Morgan fingerprint density at radius 3 is 1.04 bits per heavy atom. The number of nitrogens with two attached hydrogens (primary N) is 9. The first kappa shape index (κ1) is 91.8. The summed E-state index contributed by atoms with van der Waals surface area (Å²) >= 11 is 18.3. The van der Waals surface area contributed by atoms with Gasteiger partial charge in [-0.15, -0.1) is 0 Å². The number of hydrogen-bond donors (Lipinski definition) is 12. The van der Waals surface area contributed by atoms with Crippen molar-refractivity contribution >= 4 is 87.6 Å². The molecule has 0 aliphatic rings. The van der Waals surface area contributed by atoms with Crippen molar-refractivity contribution in [2.75, 3.05) is 85.1 Å². The molecule has 0 saturated carbocycles. The summed E-state index contributed by atoms with van der Waals surface area (Å²) in [6.45, 7) is 12.2. The second kappa shape index (κ2) is 50.2. The van der Waals surface area contributed by atoms with E-state index in [1.165, 1.54) is 26.8 Å². The van der Waals surface area contributed by atoms with E-state index in [-0.39, 0.29) is 110 Å². The van der Waals surface area contributed by atoms with Crippen molar-refractivity contribution in [3.63, 3.8) is 0 Å². The lowest BCUT2D eigenvalue weighted by atomic mass is 9.92. The highest BCUT2D eigenvalue weighted by Gasteiger charge is 2.31. The first-order valence-corrected chi connectivity index (χ1v) is 37.7. The summed E-state index contributed by atoms with van der Waals surface area (Å²) in [7, 11) is 0. The van der Waals surface area contributed by atoms with Crippen molar-refractivity contribution in [2.24, 2.45) is 51.6 Å². The highest BCUT2D eigenvalue weighted by molar-refractivity contribution is 6.43. The molecule has 6 amide bonds. The summed E-state index contributed by atoms with van der Waals surface area (Å²) in [6, 6.07) is 37.9. The predicted molar refractivity (Wildman–Crippen MR) is 428 cm³/mol. The smallest absolute Gasteiger partial charge is 0.238 e. The molecular formula is C80H112Cl3N15O10. The third-order valence-corrected chi connectivity index (χ3v) is 18.8. The molecule has 108 heavy (non-hydrogen) atoms. The fourth-order valence-electron chi connectivity index (χ4n) is 11.9. The maximum Gasteiger partial charge on any atom is 0.238 e. The van der Waals surface area contributed by atoms with E-state index in [9.17, 15) is 43.2 Å². The number of Topliss-reactive ketones (excluding diaryl/α,β-unsaturated/α-hetero) is 3. The summed E-state index contributed by atoms with van der Waals surface area (Å²) in [5.74, 6) is -2.33. The summed E-state index contributed by atoms with van der Waals surface area (Å²) in [4.78, 5) is 121. The summed E-state index contributed by atoms with van der Waals surface area (Å²) in [5.41, 5.74) is 60.2. The highest BCUT2D eigenvalue weighted by Crippen LogP contribution is 2.30. The zero-order valence-corrected chi connectivity index (χ0v) is 64.9. The average molecular weight is 1550 g/mol. The van der Waals surface area contributed by atoms with Crippen LogP contribution in [0.1, 0.15) is 95.5 Å². The van der Waals surface area contributed by atoms with Crippen LogP contribution in [0.3, 0.4) is 0 Å². The zero-order valence-electron chi connectivity index (χ0n) is 62.7. The van der Waals surface area contributed by atoms with E-state index in [4.69, 9.17) is 91.1 Å². The molecule has 0 unspecified atom stereocenters. The van der Waals surface area contributed by atoms with Gasteiger partial charge >= 0.3 is 0 Å². The fraction of sp³-hybridized carbons (Fsp3) is 0.438. The number of ketones is 3. The molecule has 6 aromatic rings. The van der Waals surface area contributed by atoms with E-state index in [1.54, 1.807) is 0 Å². The SMILES string of the molecule is CCOc1ccc(CC(=O)[C@H](CCc2ccccc2)NC(=O)[C@@H](N)CC(=O)N(CCN)CCN)cc1.Cc1cc(C)c(CC(=O)[C@H](CCc2ccccc2)NC(=O)[C@@H](N)CC(=O)N(CCN)CCN)c(C)c1.NCCN(CCN)C(=O)C[C@H](N)C(=O)N[C@@H](CCc1ccccc1)C(=O)Cc1cc(Cl)c(Cl)cc1Cl. The minimum absolute atomic E-state index is 0.0651. The molecule has 0 aromatic heterocycles. The van der Waals surface area contributed by atoms with Gasteiger partial charge in [0.15, 0.2) is 17.3 Å². The standard InChI is InChI=1S/C28H41N5O3.C27H39N5O4.C25H32Cl3N5O3/c1-19-15-20(2)23(21(3)16-19)17-26(34)25(10-9-22-7-5-4-6-8-22)32-28(36)24(31)18-27(35)33(13-11-29)14-12-30;1-2-36-22-11-8-21(9-12-22)18-25(33)24(13-10-20-6-4-3-5-7-20)31-27(35)23(30)19-26(34)32(16-14-28)17-15-29;26-18-14-20(28)19(27)12-17(18)13-23(34)22(7-6-16-4-2-1-3-5-16)32-25(36)21(31)15-24(35)33(10-8-29)11-9-30/h4-8,15-16,24-25H,9-14,17-18,29-31H2,1-3H3,(H,32,36);3-9,11-12,23-24H,2,10,13-19,28-30H2,1H3,(H,31,35);1-5,12,14,21-22H,6-11,13,15,29-31H2,(H,32,36)/t24-,25-;23-,24-;21-,22-/m000/s1. The van der Waals surface area contributed by atoms with Crippen LogP contribution in [-0.4, -0.2) is 189 Å².